The van der Waals surface area contributed by atoms with E-state index in [4.69, 9.17) is 9.72 Å². The number of hydrogen-bond donors (Lipinski definition) is 1. The highest BCUT2D eigenvalue weighted by molar-refractivity contribution is 7.11. The van der Waals surface area contributed by atoms with Crippen LogP contribution in [-0.4, -0.2) is 18.6 Å². The summed E-state index contributed by atoms with van der Waals surface area (Å²) in [5.41, 5.74) is 1.12. The van der Waals surface area contributed by atoms with Gasteiger partial charge in [0.15, 0.2) is 0 Å². The Bertz CT molecular complexity index is 432. The molecule has 1 aromatic heterocycles. The molecular formula is C16H28N2OS. The average Bonchev–Trinajstić information content (AvgIpc) is 2.88. The molecule has 0 aliphatic heterocycles. The molecule has 0 aromatic carbocycles. The standard InChI is InChI=1S/C16H28N2OS/c1-5-13-14(11-17-6-2)20-15(18-13)16(19-4)9-7-8-12(3)10-16/h12,17H,5-11H2,1-4H3. The van der Waals surface area contributed by atoms with Gasteiger partial charge in [-0.1, -0.05) is 27.2 Å². The second kappa shape index (κ2) is 7.01. The van der Waals surface area contributed by atoms with Crippen LogP contribution >= 0.6 is 11.3 Å². The molecule has 2 atom stereocenters. The normalized spacial score (nSPS) is 26.9. The summed E-state index contributed by atoms with van der Waals surface area (Å²) < 4.78 is 5.98. The number of thiazole rings is 1. The van der Waals surface area contributed by atoms with Crippen LogP contribution in [-0.2, 0) is 23.3 Å². The van der Waals surface area contributed by atoms with E-state index in [1.165, 1.54) is 28.4 Å². The monoisotopic (exact) mass is 296 g/mol. The Morgan fingerprint density at radius 3 is 2.85 bits per heavy atom. The fourth-order valence-corrected chi connectivity index (χ4v) is 4.53. The number of aryl methyl sites for hydroxylation is 1. The first-order valence-corrected chi connectivity index (χ1v) is 8.71. The van der Waals surface area contributed by atoms with Gasteiger partial charge in [-0.25, -0.2) is 4.98 Å². The van der Waals surface area contributed by atoms with Crippen molar-refractivity contribution in [1.82, 2.24) is 10.3 Å². The van der Waals surface area contributed by atoms with Gasteiger partial charge in [-0.05, 0) is 38.1 Å². The van der Waals surface area contributed by atoms with Gasteiger partial charge in [0.1, 0.15) is 10.6 Å². The lowest BCUT2D eigenvalue weighted by atomic mass is 9.79. The molecule has 1 N–H and O–H groups in total. The van der Waals surface area contributed by atoms with E-state index in [-0.39, 0.29) is 5.60 Å². The van der Waals surface area contributed by atoms with Crippen LogP contribution in [0.4, 0.5) is 0 Å². The molecule has 1 heterocycles. The first-order chi connectivity index (χ1) is 9.65. The Kier molecular flexibility index (Phi) is 5.58. The fourth-order valence-electron chi connectivity index (χ4n) is 3.20. The lowest BCUT2D eigenvalue weighted by molar-refractivity contribution is -0.0581. The van der Waals surface area contributed by atoms with Crippen molar-refractivity contribution in [3.05, 3.63) is 15.6 Å². The Balaban J connectivity index is 2.27. The Labute approximate surface area is 127 Å². The highest BCUT2D eigenvalue weighted by Gasteiger charge is 2.39. The molecule has 0 bridgehead atoms. The maximum Gasteiger partial charge on any atom is 0.125 e. The number of ether oxygens (including phenoxy) is 1. The molecule has 0 amide bonds. The molecule has 1 fully saturated rings. The van der Waals surface area contributed by atoms with Crippen LogP contribution in [0.25, 0.3) is 0 Å². The van der Waals surface area contributed by atoms with Gasteiger partial charge in [0.25, 0.3) is 0 Å². The largest absolute Gasteiger partial charge is 0.371 e. The van der Waals surface area contributed by atoms with E-state index in [2.05, 4.69) is 26.1 Å². The minimum atomic E-state index is -0.128. The topological polar surface area (TPSA) is 34.1 Å². The molecule has 1 aliphatic rings. The third-order valence-electron chi connectivity index (χ3n) is 4.38. The first-order valence-electron chi connectivity index (χ1n) is 7.90. The number of nitrogens with zero attached hydrogens (tertiary/aromatic N) is 1. The van der Waals surface area contributed by atoms with Gasteiger partial charge in [-0.15, -0.1) is 11.3 Å². The first kappa shape index (κ1) is 15.9. The molecule has 1 aromatic rings. The number of methoxy groups -OCH3 is 1. The molecule has 4 heteroatoms. The van der Waals surface area contributed by atoms with E-state index in [0.717, 1.165) is 38.3 Å². The molecule has 0 radical (unpaired) electrons. The van der Waals surface area contributed by atoms with Crippen LogP contribution in [0.5, 0.6) is 0 Å². The maximum atomic E-state index is 5.98. The second-order valence-corrected chi connectivity index (χ2v) is 7.01. The predicted molar refractivity (Wildman–Crippen MR) is 85.2 cm³/mol. The average molecular weight is 296 g/mol. The molecule has 1 saturated carbocycles. The molecular weight excluding hydrogens is 268 g/mol. The van der Waals surface area contributed by atoms with Crippen LogP contribution in [0.2, 0.25) is 0 Å². The molecule has 3 nitrogen and oxygen atoms in total. The predicted octanol–water partition coefficient (Wildman–Crippen LogP) is 3.87. The van der Waals surface area contributed by atoms with Crippen LogP contribution in [0, 0.1) is 5.92 Å². The smallest absolute Gasteiger partial charge is 0.125 e. The van der Waals surface area contributed by atoms with Gasteiger partial charge < -0.3 is 10.1 Å². The molecule has 1 aliphatic carbocycles. The quantitative estimate of drug-likeness (QED) is 0.865. The van der Waals surface area contributed by atoms with E-state index in [0.29, 0.717) is 0 Å². The van der Waals surface area contributed by atoms with Gasteiger partial charge in [0.2, 0.25) is 0 Å². The molecule has 0 saturated heterocycles. The highest BCUT2D eigenvalue weighted by atomic mass is 32.1. The lowest BCUT2D eigenvalue weighted by Gasteiger charge is -2.37. The van der Waals surface area contributed by atoms with E-state index < -0.39 is 0 Å². The number of aromatic nitrogens is 1. The van der Waals surface area contributed by atoms with Crippen LogP contribution < -0.4 is 5.32 Å². The summed E-state index contributed by atoms with van der Waals surface area (Å²) in [6, 6.07) is 0. The van der Waals surface area contributed by atoms with Crippen molar-refractivity contribution in [1.29, 1.82) is 0 Å². The van der Waals surface area contributed by atoms with E-state index >= 15 is 0 Å². The Morgan fingerprint density at radius 1 is 1.45 bits per heavy atom. The molecule has 0 spiro atoms. The summed E-state index contributed by atoms with van der Waals surface area (Å²) in [5.74, 6) is 0.731. The van der Waals surface area contributed by atoms with E-state index in [1.54, 1.807) is 0 Å². The minimum absolute atomic E-state index is 0.128. The molecule has 2 rings (SSSR count). The summed E-state index contributed by atoms with van der Waals surface area (Å²) in [5, 5.41) is 4.63. The van der Waals surface area contributed by atoms with Crippen molar-refractivity contribution in [2.45, 2.75) is 65.0 Å². The van der Waals surface area contributed by atoms with Crippen LogP contribution in [0.1, 0.15) is 62.0 Å². The van der Waals surface area contributed by atoms with Crippen molar-refractivity contribution in [2.75, 3.05) is 13.7 Å². The van der Waals surface area contributed by atoms with Gasteiger partial charge in [-0.3, -0.25) is 0 Å². The van der Waals surface area contributed by atoms with Crippen molar-refractivity contribution in [3.8, 4) is 0 Å². The summed E-state index contributed by atoms with van der Waals surface area (Å²) in [6.45, 7) is 8.61. The third kappa shape index (κ3) is 3.23. The van der Waals surface area contributed by atoms with Crippen LogP contribution in [0.3, 0.4) is 0 Å². The minimum Gasteiger partial charge on any atom is -0.371 e. The summed E-state index contributed by atoms with van der Waals surface area (Å²) in [6.07, 6.45) is 5.80. The van der Waals surface area contributed by atoms with E-state index in [1.807, 2.05) is 18.4 Å². The third-order valence-corrected chi connectivity index (χ3v) is 5.67. The highest BCUT2D eigenvalue weighted by Crippen LogP contribution is 2.44. The maximum absolute atomic E-state index is 5.98. The van der Waals surface area contributed by atoms with E-state index in [9.17, 15) is 0 Å². The Morgan fingerprint density at radius 2 is 2.25 bits per heavy atom. The van der Waals surface area contributed by atoms with Crippen molar-refractivity contribution < 1.29 is 4.74 Å². The number of hydrogen-bond acceptors (Lipinski definition) is 4. The number of rotatable bonds is 6. The zero-order chi connectivity index (χ0) is 14.6. The Hall–Kier alpha value is -0.450. The van der Waals surface area contributed by atoms with Crippen molar-refractivity contribution in [3.63, 3.8) is 0 Å². The summed E-state index contributed by atoms with van der Waals surface area (Å²) >= 11 is 1.86. The molecule has 114 valence electrons. The zero-order valence-corrected chi connectivity index (χ0v) is 14.1. The van der Waals surface area contributed by atoms with Gasteiger partial charge in [0, 0.05) is 18.5 Å². The van der Waals surface area contributed by atoms with Gasteiger partial charge >= 0.3 is 0 Å². The fraction of sp³-hybridized carbons (Fsp3) is 0.812. The summed E-state index contributed by atoms with van der Waals surface area (Å²) in [7, 11) is 1.86. The SMILES string of the molecule is CCNCc1sc(C2(OC)CCCC(C)C2)nc1CC. The van der Waals surface area contributed by atoms with Gasteiger partial charge in [-0.2, -0.15) is 0 Å². The molecule has 2 unspecified atom stereocenters. The lowest BCUT2D eigenvalue weighted by Crippen LogP contribution is -2.34. The molecule has 20 heavy (non-hydrogen) atoms. The number of nitrogens with one attached hydrogen (secondary N) is 1. The van der Waals surface area contributed by atoms with Crippen molar-refractivity contribution in [2.24, 2.45) is 5.92 Å². The van der Waals surface area contributed by atoms with Crippen molar-refractivity contribution >= 4 is 11.3 Å². The second-order valence-electron chi connectivity index (χ2n) is 5.92. The van der Waals surface area contributed by atoms with Gasteiger partial charge in [0.05, 0.1) is 5.69 Å². The van der Waals surface area contributed by atoms with Crippen LogP contribution in [0.15, 0.2) is 0 Å². The summed E-state index contributed by atoms with van der Waals surface area (Å²) in [4.78, 5) is 6.32. The zero-order valence-electron chi connectivity index (χ0n) is 13.3.